The Bertz CT molecular complexity index is 516. The smallest absolute Gasteiger partial charge is 0.272 e. The number of hydrogen-bond donors (Lipinski definition) is 1. The highest BCUT2D eigenvalue weighted by Gasteiger charge is 2.06. The highest BCUT2D eigenvalue weighted by atomic mass is 16.1. The average Bonchev–Trinajstić information content (AvgIpc) is 2.18. The van der Waals surface area contributed by atoms with Crippen LogP contribution in [-0.2, 0) is 0 Å². The number of nitrogens with zero attached hydrogens (tertiary/aromatic N) is 2. The first-order valence-corrected chi connectivity index (χ1v) is 4.35. The third kappa shape index (κ3) is 1.25. The molecule has 0 saturated heterocycles. The Balaban J connectivity index is 2.89. The molecule has 0 radical (unpaired) electrons. The van der Waals surface area contributed by atoms with Crippen molar-refractivity contribution >= 4 is 16.6 Å². The van der Waals surface area contributed by atoms with Gasteiger partial charge < -0.3 is 4.90 Å². The second-order valence-electron chi connectivity index (χ2n) is 3.32. The molecule has 4 heteroatoms. The molecule has 1 heterocycles. The number of aromatic amines is 1. The Morgan fingerprint density at radius 2 is 1.86 bits per heavy atom. The van der Waals surface area contributed by atoms with Crippen LogP contribution in [0.15, 0.2) is 29.1 Å². The van der Waals surface area contributed by atoms with E-state index in [1.165, 1.54) is 0 Å². The molecule has 0 bridgehead atoms. The van der Waals surface area contributed by atoms with Gasteiger partial charge in [-0.25, -0.2) is 5.10 Å². The molecule has 0 aliphatic carbocycles. The second kappa shape index (κ2) is 3.14. The van der Waals surface area contributed by atoms with Crippen molar-refractivity contribution in [1.82, 2.24) is 10.2 Å². The van der Waals surface area contributed by atoms with Gasteiger partial charge in [-0.1, -0.05) is 18.2 Å². The van der Waals surface area contributed by atoms with Crippen LogP contribution in [0, 0.1) is 0 Å². The van der Waals surface area contributed by atoms with Crippen molar-refractivity contribution in [2.24, 2.45) is 0 Å². The summed E-state index contributed by atoms with van der Waals surface area (Å²) < 4.78 is 0. The van der Waals surface area contributed by atoms with E-state index < -0.39 is 0 Å². The van der Waals surface area contributed by atoms with Gasteiger partial charge in [0.25, 0.3) is 5.56 Å². The molecule has 2 rings (SSSR count). The molecule has 4 nitrogen and oxygen atoms in total. The molecule has 1 N–H and O–H groups in total. The summed E-state index contributed by atoms with van der Waals surface area (Å²) in [6, 6.07) is 7.43. The molecule has 0 unspecified atom stereocenters. The van der Waals surface area contributed by atoms with Gasteiger partial charge in [-0.15, -0.1) is 0 Å². The molecule has 1 aromatic carbocycles. The van der Waals surface area contributed by atoms with Gasteiger partial charge >= 0.3 is 0 Å². The van der Waals surface area contributed by atoms with Crippen LogP contribution in [0.25, 0.3) is 10.8 Å². The minimum absolute atomic E-state index is 0.147. The SMILES string of the molecule is CN(C)c1n[nH]c(=O)c2ccccc12. The fraction of sp³-hybridized carbons (Fsp3) is 0.200. The lowest BCUT2D eigenvalue weighted by Gasteiger charge is -2.12. The van der Waals surface area contributed by atoms with E-state index in [9.17, 15) is 4.79 Å². The molecule has 0 spiro atoms. The van der Waals surface area contributed by atoms with Gasteiger partial charge in [0.1, 0.15) is 0 Å². The van der Waals surface area contributed by atoms with Crippen molar-refractivity contribution in [2.45, 2.75) is 0 Å². The molecule has 2 aromatic rings. The lowest BCUT2D eigenvalue weighted by atomic mass is 10.2. The van der Waals surface area contributed by atoms with E-state index in [-0.39, 0.29) is 5.56 Å². The lowest BCUT2D eigenvalue weighted by Crippen LogP contribution is -2.16. The van der Waals surface area contributed by atoms with Crippen LogP contribution >= 0.6 is 0 Å². The van der Waals surface area contributed by atoms with Crippen molar-refractivity contribution < 1.29 is 0 Å². The first kappa shape index (κ1) is 8.74. The van der Waals surface area contributed by atoms with E-state index >= 15 is 0 Å². The molecule has 0 aliphatic rings. The fourth-order valence-corrected chi connectivity index (χ4v) is 1.44. The van der Waals surface area contributed by atoms with Crippen molar-refractivity contribution in [2.75, 3.05) is 19.0 Å². The number of aromatic nitrogens is 2. The Morgan fingerprint density at radius 1 is 1.21 bits per heavy atom. The van der Waals surface area contributed by atoms with Crippen LogP contribution in [0.5, 0.6) is 0 Å². The van der Waals surface area contributed by atoms with Gasteiger partial charge in [-0.3, -0.25) is 4.79 Å². The van der Waals surface area contributed by atoms with Crippen LogP contribution in [0.2, 0.25) is 0 Å². The normalized spacial score (nSPS) is 10.4. The number of hydrogen-bond acceptors (Lipinski definition) is 3. The zero-order chi connectivity index (χ0) is 10.1. The van der Waals surface area contributed by atoms with Crippen molar-refractivity contribution in [1.29, 1.82) is 0 Å². The molecule has 72 valence electrons. The van der Waals surface area contributed by atoms with Crippen LogP contribution in [0.1, 0.15) is 0 Å². The van der Waals surface area contributed by atoms with Gasteiger partial charge in [0.05, 0.1) is 5.39 Å². The Kier molecular flexibility index (Phi) is 1.96. The topological polar surface area (TPSA) is 49.0 Å². The maximum atomic E-state index is 11.4. The summed E-state index contributed by atoms with van der Waals surface area (Å²) in [5, 5.41) is 8.02. The number of benzene rings is 1. The van der Waals surface area contributed by atoms with Crippen molar-refractivity contribution in [3.63, 3.8) is 0 Å². The largest absolute Gasteiger partial charge is 0.361 e. The summed E-state index contributed by atoms with van der Waals surface area (Å²) in [6.07, 6.45) is 0. The van der Waals surface area contributed by atoms with E-state index in [1.807, 2.05) is 37.2 Å². The van der Waals surface area contributed by atoms with Gasteiger partial charge in [-0.05, 0) is 6.07 Å². The van der Waals surface area contributed by atoms with E-state index in [2.05, 4.69) is 10.2 Å². The van der Waals surface area contributed by atoms with Crippen molar-refractivity contribution in [3.8, 4) is 0 Å². The third-order valence-corrected chi connectivity index (χ3v) is 2.10. The van der Waals surface area contributed by atoms with Crippen LogP contribution in [0.4, 0.5) is 5.82 Å². The zero-order valence-corrected chi connectivity index (χ0v) is 8.11. The van der Waals surface area contributed by atoms with Gasteiger partial charge in [0.2, 0.25) is 0 Å². The highest BCUT2D eigenvalue weighted by Crippen LogP contribution is 2.18. The second-order valence-corrected chi connectivity index (χ2v) is 3.32. The predicted octanol–water partition coefficient (Wildman–Crippen LogP) is 0.989. The zero-order valence-electron chi connectivity index (χ0n) is 8.11. The Labute approximate surface area is 81.2 Å². The van der Waals surface area contributed by atoms with Gasteiger partial charge in [0.15, 0.2) is 5.82 Å². The average molecular weight is 189 g/mol. The highest BCUT2D eigenvalue weighted by molar-refractivity contribution is 5.90. The number of nitrogens with one attached hydrogen (secondary N) is 1. The van der Waals surface area contributed by atoms with E-state index in [0.717, 1.165) is 11.2 Å². The summed E-state index contributed by atoms with van der Waals surface area (Å²) in [5.41, 5.74) is -0.147. The molecular formula is C10H11N3O. The van der Waals surface area contributed by atoms with E-state index in [0.29, 0.717) is 5.39 Å². The summed E-state index contributed by atoms with van der Waals surface area (Å²) in [6.45, 7) is 0. The van der Waals surface area contributed by atoms with Crippen LogP contribution in [0.3, 0.4) is 0 Å². The first-order valence-electron chi connectivity index (χ1n) is 4.35. The summed E-state index contributed by atoms with van der Waals surface area (Å²) in [7, 11) is 3.79. The number of anilines is 1. The maximum absolute atomic E-state index is 11.4. The summed E-state index contributed by atoms with van der Waals surface area (Å²) >= 11 is 0. The summed E-state index contributed by atoms with van der Waals surface area (Å²) in [5.74, 6) is 0.778. The minimum atomic E-state index is -0.147. The number of rotatable bonds is 1. The maximum Gasteiger partial charge on any atom is 0.272 e. The minimum Gasteiger partial charge on any atom is -0.361 e. The number of H-pyrrole nitrogens is 1. The Morgan fingerprint density at radius 3 is 2.50 bits per heavy atom. The van der Waals surface area contributed by atoms with Crippen LogP contribution < -0.4 is 10.5 Å². The fourth-order valence-electron chi connectivity index (χ4n) is 1.44. The Hall–Kier alpha value is -1.84. The first-order chi connectivity index (χ1) is 6.70. The van der Waals surface area contributed by atoms with Crippen LogP contribution in [-0.4, -0.2) is 24.3 Å². The molecule has 14 heavy (non-hydrogen) atoms. The predicted molar refractivity (Wildman–Crippen MR) is 56.7 cm³/mol. The molecule has 0 amide bonds. The lowest BCUT2D eigenvalue weighted by molar-refractivity contribution is 0.958. The molecule has 0 atom stereocenters. The number of fused-ring (bicyclic) bond motifs is 1. The quantitative estimate of drug-likeness (QED) is 0.727. The monoisotopic (exact) mass is 189 g/mol. The van der Waals surface area contributed by atoms with Gasteiger partial charge in [-0.2, -0.15) is 5.10 Å². The molecular weight excluding hydrogens is 178 g/mol. The standard InChI is InChI=1S/C10H11N3O/c1-13(2)9-7-5-3-4-6-8(7)10(14)12-11-9/h3-6H,1-2H3,(H,12,14). The summed E-state index contributed by atoms with van der Waals surface area (Å²) in [4.78, 5) is 13.3. The molecule has 0 saturated carbocycles. The molecule has 0 fully saturated rings. The molecule has 1 aromatic heterocycles. The molecule has 0 aliphatic heterocycles. The van der Waals surface area contributed by atoms with E-state index in [4.69, 9.17) is 0 Å². The van der Waals surface area contributed by atoms with E-state index in [1.54, 1.807) is 6.07 Å². The van der Waals surface area contributed by atoms with Gasteiger partial charge in [0, 0.05) is 19.5 Å². The third-order valence-electron chi connectivity index (χ3n) is 2.10. The van der Waals surface area contributed by atoms with Crippen molar-refractivity contribution in [3.05, 3.63) is 34.6 Å².